The van der Waals surface area contributed by atoms with Gasteiger partial charge in [0.2, 0.25) is 0 Å². The summed E-state index contributed by atoms with van der Waals surface area (Å²) in [6, 6.07) is 15.8. The van der Waals surface area contributed by atoms with E-state index in [1.165, 1.54) is 5.56 Å². The van der Waals surface area contributed by atoms with Gasteiger partial charge in [-0.15, -0.1) is 0 Å². The first-order chi connectivity index (χ1) is 10.7. The fourth-order valence-corrected chi connectivity index (χ4v) is 3.77. The minimum atomic E-state index is 0.440. The standard InChI is InChI=1S/C18H20N4/c1-13-12-16(15-6-4-3-5-7-15)14(2)22(13)18-9-11-21-17(20-18)8-10-19-21/h3-11,13-14,16H,12H2,1-2H3. The molecule has 22 heavy (non-hydrogen) atoms. The van der Waals surface area contributed by atoms with Gasteiger partial charge >= 0.3 is 0 Å². The topological polar surface area (TPSA) is 33.4 Å². The van der Waals surface area contributed by atoms with Gasteiger partial charge in [-0.3, -0.25) is 0 Å². The fraction of sp³-hybridized carbons (Fsp3) is 0.333. The van der Waals surface area contributed by atoms with Crippen LogP contribution < -0.4 is 4.90 Å². The van der Waals surface area contributed by atoms with E-state index in [0.29, 0.717) is 18.0 Å². The normalized spacial score (nSPS) is 25.0. The van der Waals surface area contributed by atoms with Crippen LogP contribution in [0.4, 0.5) is 5.82 Å². The van der Waals surface area contributed by atoms with Crippen LogP contribution >= 0.6 is 0 Å². The highest BCUT2D eigenvalue weighted by atomic mass is 15.3. The van der Waals surface area contributed by atoms with E-state index in [2.05, 4.69) is 60.2 Å². The van der Waals surface area contributed by atoms with Crippen molar-refractivity contribution in [2.75, 3.05) is 4.90 Å². The molecule has 1 aliphatic rings. The molecule has 1 aromatic carbocycles. The van der Waals surface area contributed by atoms with Crippen LogP contribution in [0.25, 0.3) is 5.65 Å². The summed E-state index contributed by atoms with van der Waals surface area (Å²) in [4.78, 5) is 7.22. The van der Waals surface area contributed by atoms with Crippen molar-refractivity contribution in [1.29, 1.82) is 0 Å². The second kappa shape index (κ2) is 5.13. The van der Waals surface area contributed by atoms with Gasteiger partial charge in [-0.25, -0.2) is 9.50 Å². The molecule has 0 N–H and O–H groups in total. The molecule has 4 heteroatoms. The molecule has 112 valence electrons. The molecule has 0 aliphatic carbocycles. The van der Waals surface area contributed by atoms with Crippen LogP contribution in [0.3, 0.4) is 0 Å². The molecule has 0 amide bonds. The minimum absolute atomic E-state index is 0.440. The molecule has 3 aromatic rings. The van der Waals surface area contributed by atoms with Crippen LogP contribution in [-0.2, 0) is 0 Å². The van der Waals surface area contributed by atoms with E-state index in [-0.39, 0.29) is 0 Å². The summed E-state index contributed by atoms with van der Waals surface area (Å²) in [6.07, 6.45) is 4.94. The molecule has 2 aromatic heterocycles. The minimum Gasteiger partial charge on any atom is -0.350 e. The van der Waals surface area contributed by atoms with Crippen molar-refractivity contribution < 1.29 is 0 Å². The van der Waals surface area contributed by atoms with Crippen molar-refractivity contribution in [3.63, 3.8) is 0 Å². The predicted octanol–water partition coefficient (Wildman–Crippen LogP) is 3.50. The first-order valence-corrected chi connectivity index (χ1v) is 7.88. The average molecular weight is 292 g/mol. The lowest BCUT2D eigenvalue weighted by molar-refractivity contribution is 0.632. The lowest BCUT2D eigenvalue weighted by Crippen LogP contribution is -2.34. The zero-order valence-corrected chi connectivity index (χ0v) is 12.9. The van der Waals surface area contributed by atoms with E-state index in [0.717, 1.165) is 17.9 Å². The van der Waals surface area contributed by atoms with Gasteiger partial charge in [-0.2, -0.15) is 5.10 Å². The molecule has 1 saturated heterocycles. The maximum absolute atomic E-state index is 4.77. The Morgan fingerprint density at radius 1 is 1.05 bits per heavy atom. The second-order valence-corrected chi connectivity index (χ2v) is 6.17. The van der Waals surface area contributed by atoms with Gasteiger partial charge < -0.3 is 4.90 Å². The Kier molecular flexibility index (Phi) is 3.10. The van der Waals surface area contributed by atoms with E-state index >= 15 is 0 Å². The number of benzene rings is 1. The van der Waals surface area contributed by atoms with Gasteiger partial charge in [0, 0.05) is 30.3 Å². The van der Waals surface area contributed by atoms with Crippen LogP contribution in [-0.4, -0.2) is 26.7 Å². The second-order valence-electron chi connectivity index (χ2n) is 6.17. The SMILES string of the molecule is CC1CC(c2ccccc2)C(C)N1c1ccn2nccc2n1. The molecule has 4 rings (SSSR count). The van der Waals surface area contributed by atoms with Crippen LogP contribution in [0.5, 0.6) is 0 Å². The molecule has 0 saturated carbocycles. The lowest BCUT2D eigenvalue weighted by atomic mass is 9.92. The summed E-state index contributed by atoms with van der Waals surface area (Å²) in [5.41, 5.74) is 2.33. The Bertz CT molecular complexity index is 780. The first kappa shape index (κ1) is 13.3. The van der Waals surface area contributed by atoms with E-state index in [1.807, 2.05) is 16.8 Å². The van der Waals surface area contributed by atoms with Crippen molar-refractivity contribution in [1.82, 2.24) is 14.6 Å². The highest BCUT2D eigenvalue weighted by Gasteiger charge is 2.37. The van der Waals surface area contributed by atoms with Gasteiger partial charge in [0.25, 0.3) is 0 Å². The average Bonchev–Trinajstić information content (AvgIpc) is 3.12. The third-order valence-electron chi connectivity index (χ3n) is 4.83. The Morgan fingerprint density at radius 3 is 2.68 bits per heavy atom. The lowest BCUT2D eigenvalue weighted by Gasteiger charge is -2.29. The fourth-order valence-electron chi connectivity index (χ4n) is 3.77. The Morgan fingerprint density at radius 2 is 1.86 bits per heavy atom. The molecule has 1 fully saturated rings. The highest BCUT2D eigenvalue weighted by molar-refractivity contribution is 5.50. The molecule has 3 atom stereocenters. The monoisotopic (exact) mass is 292 g/mol. The van der Waals surface area contributed by atoms with Crippen LogP contribution in [0.15, 0.2) is 54.9 Å². The molecule has 0 bridgehead atoms. The summed E-state index contributed by atoms with van der Waals surface area (Å²) in [6.45, 7) is 4.60. The smallest absolute Gasteiger partial charge is 0.157 e. The Labute approximate surface area is 130 Å². The zero-order valence-electron chi connectivity index (χ0n) is 12.9. The van der Waals surface area contributed by atoms with Gasteiger partial charge in [0.15, 0.2) is 5.65 Å². The maximum atomic E-state index is 4.77. The van der Waals surface area contributed by atoms with Crippen LogP contribution in [0.1, 0.15) is 31.7 Å². The third-order valence-corrected chi connectivity index (χ3v) is 4.83. The summed E-state index contributed by atoms with van der Waals surface area (Å²) in [5, 5.41) is 4.22. The summed E-state index contributed by atoms with van der Waals surface area (Å²) in [7, 11) is 0. The summed E-state index contributed by atoms with van der Waals surface area (Å²) >= 11 is 0. The molecule has 3 heterocycles. The molecule has 0 spiro atoms. The third kappa shape index (κ3) is 2.06. The van der Waals surface area contributed by atoms with E-state index in [4.69, 9.17) is 4.98 Å². The molecular weight excluding hydrogens is 272 g/mol. The van der Waals surface area contributed by atoms with Crippen molar-refractivity contribution in [2.45, 2.75) is 38.3 Å². The Balaban J connectivity index is 1.69. The van der Waals surface area contributed by atoms with Gasteiger partial charge in [0.1, 0.15) is 5.82 Å². The quantitative estimate of drug-likeness (QED) is 0.725. The van der Waals surface area contributed by atoms with Crippen LogP contribution in [0, 0.1) is 0 Å². The molecule has 1 aliphatic heterocycles. The summed E-state index contributed by atoms with van der Waals surface area (Å²) < 4.78 is 1.81. The molecular formula is C18H20N4. The number of nitrogens with zero attached hydrogens (tertiary/aromatic N) is 4. The molecule has 4 nitrogen and oxygen atoms in total. The molecule has 0 radical (unpaired) electrons. The van der Waals surface area contributed by atoms with Crippen molar-refractivity contribution >= 4 is 11.5 Å². The van der Waals surface area contributed by atoms with Gasteiger partial charge in [0.05, 0.1) is 6.20 Å². The number of fused-ring (bicyclic) bond motifs is 1. The summed E-state index contributed by atoms with van der Waals surface area (Å²) in [5.74, 6) is 1.60. The van der Waals surface area contributed by atoms with Crippen molar-refractivity contribution in [3.05, 3.63) is 60.4 Å². The maximum Gasteiger partial charge on any atom is 0.157 e. The Hall–Kier alpha value is -2.36. The van der Waals surface area contributed by atoms with E-state index < -0.39 is 0 Å². The molecule has 3 unspecified atom stereocenters. The number of anilines is 1. The number of rotatable bonds is 2. The van der Waals surface area contributed by atoms with Crippen molar-refractivity contribution in [2.24, 2.45) is 0 Å². The van der Waals surface area contributed by atoms with Crippen LogP contribution in [0.2, 0.25) is 0 Å². The van der Waals surface area contributed by atoms with E-state index in [1.54, 1.807) is 6.20 Å². The number of hydrogen-bond acceptors (Lipinski definition) is 3. The highest BCUT2D eigenvalue weighted by Crippen LogP contribution is 2.39. The first-order valence-electron chi connectivity index (χ1n) is 7.88. The van der Waals surface area contributed by atoms with Gasteiger partial charge in [-0.05, 0) is 31.9 Å². The van der Waals surface area contributed by atoms with Gasteiger partial charge in [-0.1, -0.05) is 30.3 Å². The van der Waals surface area contributed by atoms with E-state index in [9.17, 15) is 0 Å². The van der Waals surface area contributed by atoms with Crippen molar-refractivity contribution in [3.8, 4) is 0 Å². The predicted molar refractivity (Wildman–Crippen MR) is 88.2 cm³/mol. The largest absolute Gasteiger partial charge is 0.350 e. The number of aromatic nitrogens is 3. The zero-order chi connectivity index (χ0) is 15.1. The number of hydrogen-bond donors (Lipinski definition) is 0.